The van der Waals surface area contributed by atoms with Crippen LogP contribution < -0.4 is 10.6 Å². The molecule has 0 aromatic rings. The third kappa shape index (κ3) is 4.20. The maximum atomic E-state index is 11.6. The molecule has 3 nitrogen and oxygen atoms in total. The zero-order valence-electron chi connectivity index (χ0n) is 10.2. The van der Waals surface area contributed by atoms with Crippen molar-refractivity contribution in [3.63, 3.8) is 0 Å². The molecule has 1 saturated carbocycles. The summed E-state index contributed by atoms with van der Waals surface area (Å²) in [6.07, 6.45) is 4.43. The third-order valence-electron chi connectivity index (χ3n) is 3.32. The van der Waals surface area contributed by atoms with E-state index in [0.717, 1.165) is 13.1 Å². The number of amides is 1. The Balaban J connectivity index is 2.13. The molecule has 0 saturated heterocycles. The standard InChI is InChI=1S/C12H24N2O/c1-4-13-10(2)8-11(15)14-9-12(3)6-5-7-12/h10,13H,4-9H2,1-3H3,(H,14,15). The molecule has 3 heteroatoms. The highest BCUT2D eigenvalue weighted by Crippen LogP contribution is 2.39. The molecule has 15 heavy (non-hydrogen) atoms. The summed E-state index contributed by atoms with van der Waals surface area (Å²) < 4.78 is 0. The van der Waals surface area contributed by atoms with Crippen LogP contribution in [-0.4, -0.2) is 25.0 Å². The maximum absolute atomic E-state index is 11.6. The van der Waals surface area contributed by atoms with Gasteiger partial charge < -0.3 is 10.6 Å². The summed E-state index contributed by atoms with van der Waals surface area (Å²) in [6.45, 7) is 8.14. The van der Waals surface area contributed by atoms with Crippen LogP contribution in [0, 0.1) is 5.41 Å². The SMILES string of the molecule is CCNC(C)CC(=O)NCC1(C)CCC1. The van der Waals surface area contributed by atoms with Gasteiger partial charge in [0.1, 0.15) is 0 Å². The molecule has 1 atom stereocenters. The van der Waals surface area contributed by atoms with Gasteiger partial charge in [0.2, 0.25) is 5.91 Å². The molecule has 2 N–H and O–H groups in total. The first kappa shape index (κ1) is 12.5. The molecular weight excluding hydrogens is 188 g/mol. The van der Waals surface area contributed by atoms with Gasteiger partial charge in [-0.3, -0.25) is 4.79 Å². The molecule has 0 heterocycles. The number of carbonyl (C=O) groups is 1. The zero-order chi connectivity index (χ0) is 11.3. The second kappa shape index (κ2) is 5.50. The average Bonchev–Trinajstić information content (AvgIpc) is 2.12. The van der Waals surface area contributed by atoms with E-state index in [1.807, 2.05) is 6.92 Å². The molecule has 0 radical (unpaired) electrons. The highest BCUT2D eigenvalue weighted by atomic mass is 16.1. The Hall–Kier alpha value is -0.570. The van der Waals surface area contributed by atoms with Crippen molar-refractivity contribution >= 4 is 5.91 Å². The minimum atomic E-state index is 0.177. The second-order valence-electron chi connectivity index (χ2n) is 5.10. The van der Waals surface area contributed by atoms with Crippen LogP contribution in [0.25, 0.3) is 0 Å². The Morgan fingerprint density at radius 2 is 2.13 bits per heavy atom. The van der Waals surface area contributed by atoms with Gasteiger partial charge in [-0.2, -0.15) is 0 Å². The maximum Gasteiger partial charge on any atom is 0.221 e. The summed E-state index contributed by atoms with van der Waals surface area (Å²) in [6, 6.07) is 0.282. The average molecular weight is 212 g/mol. The lowest BCUT2D eigenvalue weighted by Crippen LogP contribution is -2.41. The van der Waals surface area contributed by atoms with Crippen molar-refractivity contribution in [3.05, 3.63) is 0 Å². The van der Waals surface area contributed by atoms with Crippen LogP contribution in [0.5, 0.6) is 0 Å². The molecule has 0 aromatic heterocycles. The van der Waals surface area contributed by atoms with Crippen LogP contribution in [-0.2, 0) is 4.79 Å². The first-order valence-corrected chi connectivity index (χ1v) is 6.06. The Morgan fingerprint density at radius 1 is 1.47 bits per heavy atom. The van der Waals surface area contributed by atoms with E-state index in [2.05, 4.69) is 24.5 Å². The Kier molecular flexibility index (Phi) is 4.58. The Labute approximate surface area is 93.0 Å². The first-order chi connectivity index (χ1) is 7.06. The van der Waals surface area contributed by atoms with Crippen LogP contribution in [0.15, 0.2) is 0 Å². The largest absolute Gasteiger partial charge is 0.356 e. The normalized spacial score (nSPS) is 20.5. The molecule has 1 rings (SSSR count). The molecule has 0 bridgehead atoms. The molecule has 1 aliphatic carbocycles. The number of carbonyl (C=O) groups excluding carboxylic acids is 1. The van der Waals surface area contributed by atoms with Crippen molar-refractivity contribution in [2.24, 2.45) is 5.41 Å². The fourth-order valence-corrected chi connectivity index (χ4v) is 2.04. The van der Waals surface area contributed by atoms with E-state index in [1.165, 1.54) is 19.3 Å². The van der Waals surface area contributed by atoms with Crippen LogP contribution in [0.2, 0.25) is 0 Å². The zero-order valence-corrected chi connectivity index (χ0v) is 10.2. The van der Waals surface area contributed by atoms with Crippen LogP contribution in [0.3, 0.4) is 0 Å². The van der Waals surface area contributed by atoms with Gasteiger partial charge in [0.25, 0.3) is 0 Å². The van der Waals surface area contributed by atoms with Gasteiger partial charge in [0.15, 0.2) is 0 Å². The van der Waals surface area contributed by atoms with E-state index >= 15 is 0 Å². The van der Waals surface area contributed by atoms with Crippen molar-refractivity contribution in [2.45, 2.75) is 52.5 Å². The van der Waals surface area contributed by atoms with E-state index in [-0.39, 0.29) is 11.9 Å². The van der Waals surface area contributed by atoms with Gasteiger partial charge in [-0.05, 0) is 31.7 Å². The number of rotatable bonds is 6. The lowest BCUT2D eigenvalue weighted by Gasteiger charge is -2.38. The molecule has 88 valence electrons. The first-order valence-electron chi connectivity index (χ1n) is 6.06. The van der Waals surface area contributed by atoms with Crippen LogP contribution in [0.4, 0.5) is 0 Å². The predicted octanol–water partition coefficient (Wildman–Crippen LogP) is 1.68. The lowest BCUT2D eigenvalue weighted by atomic mass is 9.70. The fourth-order valence-electron chi connectivity index (χ4n) is 2.04. The molecule has 1 fully saturated rings. The number of hydrogen-bond acceptors (Lipinski definition) is 2. The van der Waals surface area contributed by atoms with Gasteiger partial charge in [-0.25, -0.2) is 0 Å². The van der Waals surface area contributed by atoms with Crippen LogP contribution in [0.1, 0.15) is 46.5 Å². The van der Waals surface area contributed by atoms with E-state index < -0.39 is 0 Å². The number of hydrogen-bond donors (Lipinski definition) is 2. The second-order valence-corrected chi connectivity index (χ2v) is 5.10. The summed E-state index contributed by atoms with van der Waals surface area (Å²) >= 11 is 0. The summed E-state index contributed by atoms with van der Waals surface area (Å²) in [4.78, 5) is 11.6. The minimum Gasteiger partial charge on any atom is -0.356 e. The summed E-state index contributed by atoms with van der Waals surface area (Å²) in [7, 11) is 0. The van der Waals surface area contributed by atoms with Gasteiger partial charge >= 0.3 is 0 Å². The third-order valence-corrected chi connectivity index (χ3v) is 3.32. The molecule has 1 aliphatic rings. The van der Waals surface area contributed by atoms with Gasteiger partial charge in [-0.15, -0.1) is 0 Å². The molecule has 0 spiro atoms. The molecule has 0 aromatic carbocycles. The smallest absolute Gasteiger partial charge is 0.221 e. The lowest BCUT2D eigenvalue weighted by molar-refractivity contribution is -0.122. The van der Waals surface area contributed by atoms with Gasteiger partial charge in [0.05, 0.1) is 0 Å². The van der Waals surface area contributed by atoms with E-state index in [4.69, 9.17) is 0 Å². The quantitative estimate of drug-likeness (QED) is 0.703. The summed E-state index contributed by atoms with van der Waals surface area (Å²) in [5.74, 6) is 0.177. The minimum absolute atomic E-state index is 0.177. The molecule has 1 amide bonds. The van der Waals surface area contributed by atoms with Crippen molar-refractivity contribution in [2.75, 3.05) is 13.1 Å². The highest BCUT2D eigenvalue weighted by Gasteiger charge is 2.31. The molecular formula is C12H24N2O. The summed E-state index contributed by atoms with van der Waals surface area (Å²) in [5.41, 5.74) is 0.386. The van der Waals surface area contributed by atoms with Crippen molar-refractivity contribution in [3.8, 4) is 0 Å². The summed E-state index contributed by atoms with van der Waals surface area (Å²) in [5, 5.41) is 6.28. The fraction of sp³-hybridized carbons (Fsp3) is 0.917. The molecule has 0 aliphatic heterocycles. The van der Waals surface area contributed by atoms with Crippen molar-refractivity contribution in [1.29, 1.82) is 0 Å². The van der Waals surface area contributed by atoms with E-state index in [9.17, 15) is 4.79 Å². The topological polar surface area (TPSA) is 41.1 Å². The van der Waals surface area contributed by atoms with E-state index in [1.54, 1.807) is 0 Å². The van der Waals surface area contributed by atoms with Crippen molar-refractivity contribution < 1.29 is 4.79 Å². The highest BCUT2D eigenvalue weighted by molar-refractivity contribution is 5.76. The van der Waals surface area contributed by atoms with Crippen LogP contribution >= 0.6 is 0 Å². The van der Waals surface area contributed by atoms with Gasteiger partial charge in [0, 0.05) is 19.0 Å². The molecule has 1 unspecified atom stereocenters. The Bertz CT molecular complexity index is 212. The number of nitrogens with one attached hydrogen (secondary N) is 2. The Morgan fingerprint density at radius 3 is 2.60 bits per heavy atom. The predicted molar refractivity (Wildman–Crippen MR) is 62.7 cm³/mol. The van der Waals surface area contributed by atoms with Crippen molar-refractivity contribution in [1.82, 2.24) is 10.6 Å². The monoisotopic (exact) mass is 212 g/mol. The van der Waals surface area contributed by atoms with Gasteiger partial charge in [-0.1, -0.05) is 20.3 Å². The van der Waals surface area contributed by atoms with E-state index in [0.29, 0.717) is 11.8 Å².